The van der Waals surface area contributed by atoms with Crippen LogP contribution in [0, 0.1) is 28.1 Å². The van der Waals surface area contributed by atoms with Crippen LogP contribution >= 0.6 is 0 Å². The maximum atomic E-state index is 8.89. The van der Waals surface area contributed by atoms with Gasteiger partial charge in [0.1, 0.15) is 5.41 Å². The van der Waals surface area contributed by atoms with Crippen LogP contribution in [0.25, 0.3) is 0 Å². The lowest BCUT2D eigenvalue weighted by Gasteiger charge is -2.32. The summed E-state index contributed by atoms with van der Waals surface area (Å²) in [5, 5.41) is 17.8. The van der Waals surface area contributed by atoms with Crippen molar-refractivity contribution in [2.45, 2.75) is 12.8 Å². The van der Waals surface area contributed by atoms with Gasteiger partial charge in [0, 0.05) is 26.7 Å². The maximum Gasteiger partial charge on any atom is 0.146 e. The summed E-state index contributed by atoms with van der Waals surface area (Å²) in [5.74, 6) is 0. The highest BCUT2D eigenvalue weighted by Crippen LogP contribution is 2.29. The number of nitrogens with zero attached hydrogens (tertiary/aromatic N) is 3. The van der Waals surface area contributed by atoms with Gasteiger partial charge in [-0.05, 0) is 12.8 Å². The predicted molar refractivity (Wildman–Crippen MR) is 51.2 cm³/mol. The van der Waals surface area contributed by atoms with E-state index in [1.807, 2.05) is 0 Å². The highest BCUT2D eigenvalue weighted by Gasteiger charge is 2.34. The molecule has 0 atom stereocenters. The second-order valence-corrected chi connectivity index (χ2v) is 3.64. The molecule has 0 saturated carbocycles. The molecule has 0 aromatic heterocycles. The van der Waals surface area contributed by atoms with Crippen LogP contribution < -0.4 is 0 Å². The number of nitriles is 2. The fourth-order valence-electron chi connectivity index (χ4n) is 1.63. The molecule has 14 heavy (non-hydrogen) atoms. The lowest BCUT2D eigenvalue weighted by Crippen LogP contribution is -2.40. The number of likely N-dealkylation sites (tertiary alicyclic amines) is 1. The standard InChI is InChI=1S/C10H15N3O/c1-14-7-6-13-4-2-10(8-11,9-12)3-5-13/h2-7H2,1H3. The van der Waals surface area contributed by atoms with Gasteiger partial charge in [0.15, 0.2) is 0 Å². The van der Waals surface area contributed by atoms with E-state index < -0.39 is 5.41 Å². The topological polar surface area (TPSA) is 60.0 Å². The SMILES string of the molecule is COCCN1CCC(C#N)(C#N)CC1. The zero-order valence-electron chi connectivity index (χ0n) is 8.49. The van der Waals surface area contributed by atoms with Crippen LogP contribution in [0.3, 0.4) is 0 Å². The second kappa shape index (κ2) is 4.95. The van der Waals surface area contributed by atoms with Crippen molar-refractivity contribution in [3.63, 3.8) is 0 Å². The van der Waals surface area contributed by atoms with Crippen molar-refractivity contribution in [2.75, 3.05) is 33.4 Å². The molecule has 0 amide bonds. The van der Waals surface area contributed by atoms with Crippen molar-refractivity contribution in [3.8, 4) is 12.1 Å². The average molecular weight is 193 g/mol. The molecule has 4 nitrogen and oxygen atoms in total. The molecule has 1 heterocycles. The molecule has 0 aliphatic carbocycles. The number of hydrogen-bond acceptors (Lipinski definition) is 4. The Balaban J connectivity index is 2.39. The molecule has 1 aliphatic heterocycles. The van der Waals surface area contributed by atoms with Crippen LogP contribution in [0.4, 0.5) is 0 Å². The molecule has 0 unspecified atom stereocenters. The summed E-state index contributed by atoms with van der Waals surface area (Å²) < 4.78 is 4.98. The second-order valence-electron chi connectivity index (χ2n) is 3.64. The molecular formula is C10H15N3O. The Morgan fingerprint density at radius 1 is 1.29 bits per heavy atom. The number of methoxy groups -OCH3 is 1. The maximum absolute atomic E-state index is 8.89. The van der Waals surface area contributed by atoms with Gasteiger partial charge in [0.2, 0.25) is 0 Å². The Morgan fingerprint density at radius 2 is 1.86 bits per heavy atom. The molecule has 4 heteroatoms. The van der Waals surface area contributed by atoms with E-state index in [1.54, 1.807) is 7.11 Å². The van der Waals surface area contributed by atoms with Crippen molar-refractivity contribution in [1.29, 1.82) is 10.5 Å². The first-order valence-electron chi connectivity index (χ1n) is 4.80. The summed E-state index contributed by atoms with van der Waals surface area (Å²) in [6, 6.07) is 4.25. The summed E-state index contributed by atoms with van der Waals surface area (Å²) in [6.45, 7) is 3.25. The molecule has 0 radical (unpaired) electrons. The van der Waals surface area contributed by atoms with Gasteiger partial charge in [-0.1, -0.05) is 0 Å². The van der Waals surface area contributed by atoms with Crippen molar-refractivity contribution in [3.05, 3.63) is 0 Å². The minimum atomic E-state index is -0.733. The van der Waals surface area contributed by atoms with E-state index in [0.29, 0.717) is 19.4 Å². The largest absolute Gasteiger partial charge is 0.383 e. The minimum absolute atomic E-state index is 0.656. The summed E-state index contributed by atoms with van der Waals surface area (Å²) in [7, 11) is 1.68. The number of hydrogen-bond donors (Lipinski definition) is 0. The van der Waals surface area contributed by atoms with Crippen LogP contribution in [-0.2, 0) is 4.74 Å². The van der Waals surface area contributed by atoms with Gasteiger partial charge in [-0.3, -0.25) is 0 Å². The number of rotatable bonds is 3. The van der Waals surface area contributed by atoms with Gasteiger partial charge >= 0.3 is 0 Å². The first kappa shape index (κ1) is 11.0. The highest BCUT2D eigenvalue weighted by molar-refractivity contribution is 5.15. The van der Waals surface area contributed by atoms with Crippen LogP contribution in [-0.4, -0.2) is 38.3 Å². The molecule has 0 N–H and O–H groups in total. The Labute approximate surface area is 84.7 Å². The average Bonchev–Trinajstić information content (AvgIpc) is 2.27. The first-order valence-corrected chi connectivity index (χ1v) is 4.80. The van der Waals surface area contributed by atoms with E-state index in [-0.39, 0.29) is 0 Å². The number of ether oxygens (including phenoxy) is 1. The summed E-state index contributed by atoms with van der Waals surface area (Å²) in [4.78, 5) is 2.23. The Morgan fingerprint density at radius 3 is 2.29 bits per heavy atom. The first-order chi connectivity index (χ1) is 6.76. The van der Waals surface area contributed by atoms with E-state index in [4.69, 9.17) is 15.3 Å². The summed E-state index contributed by atoms with van der Waals surface area (Å²) >= 11 is 0. The van der Waals surface area contributed by atoms with Crippen molar-refractivity contribution < 1.29 is 4.74 Å². The van der Waals surface area contributed by atoms with Crippen molar-refractivity contribution >= 4 is 0 Å². The Hall–Kier alpha value is -1.10. The Bertz CT molecular complexity index is 240. The lowest BCUT2D eigenvalue weighted by molar-refractivity contribution is 0.117. The molecular weight excluding hydrogens is 178 g/mol. The molecule has 0 spiro atoms. The van der Waals surface area contributed by atoms with Crippen LogP contribution in [0.2, 0.25) is 0 Å². The molecule has 0 bridgehead atoms. The monoisotopic (exact) mass is 193 g/mol. The molecule has 0 aromatic rings. The normalized spacial score (nSPS) is 21.1. The zero-order valence-corrected chi connectivity index (χ0v) is 8.49. The fraction of sp³-hybridized carbons (Fsp3) is 0.800. The predicted octanol–water partition coefficient (Wildman–Crippen LogP) is 0.762. The molecule has 1 saturated heterocycles. The van der Waals surface area contributed by atoms with Gasteiger partial charge in [0.25, 0.3) is 0 Å². The molecule has 0 aromatic carbocycles. The van der Waals surface area contributed by atoms with Crippen LogP contribution in [0.1, 0.15) is 12.8 Å². The summed E-state index contributed by atoms with van der Waals surface area (Å²) in [5.41, 5.74) is -0.733. The molecule has 76 valence electrons. The molecule has 1 fully saturated rings. The van der Waals surface area contributed by atoms with E-state index in [1.165, 1.54) is 0 Å². The smallest absolute Gasteiger partial charge is 0.146 e. The third-order valence-corrected chi connectivity index (χ3v) is 2.75. The third kappa shape index (κ3) is 2.45. The van der Waals surface area contributed by atoms with Gasteiger partial charge in [-0.2, -0.15) is 10.5 Å². The van der Waals surface area contributed by atoms with E-state index in [9.17, 15) is 0 Å². The van der Waals surface area contributed by atoms with Gasteiger partial charge in [0.05, 0.1) is 18.7 Å². The van der Waals surface area contributed by atoms with Gasteiger partial charge in [-0.25, -0.2) is 0 Å². The highest BCUT2D eigenvalue weighted by atomic mass is 16.5. The number of piperidine rings is 1. The lowest BCUT2D eigenvalue weighted by atomic mass is 9.81. The van der Waals surface area contributed by atoms with Crippen molar-refractivity contribution in [2.24, 2.45) is 5.41 Å². The van der Waals surface area contributed by atoms with E-state index in [2.05, 4.69) is 17.0 Å². The van der Waals surface area contributed by atoms with Crippen LogP contribution in [0.15, 0.2) is 0 Å². The molecule has 1 aliphatic rings. The fourth-order valence-corrected chi connectivity index (χ4v) is 1.63. The van der Waals surface area contributed by atoms with Gasteiger partial charge in [-0.15, -0.1) is 0 Å². The minimum Gasteiger partial charge on any atom is -0.383 e. The zero-order chi connectivity index (χ0) is 10.4. The molecule has 1 rings (SSSR count). The Kier molecular flexibility index (Phi) is 3.88. The van der Waals surface area contributed by atoms with Gasteiger partial charge < -0.3 is 9.64 Å². The quantitative estimate of drug-likeness (QED) is 0.664. The van der Waals surface area contributed by atoms with Crippen LogP contribution in [0.5, 0.6) is 0 Å². The van der Waals surface area contributed by atoms with Crippen molar-refractivity contribution in [1.82, 2.24) is 4.90 Å². The third-order valence-electron chi connectivity index (χ3n) is 2.75. The van der Waals surface area contributed by atoms with E-state index in [0.717, 1.165) is 19.6 Å². The van der Waals surface area contributed by atoms with E-state index >= 15 is 0 Å². The summed E-state index contributed by atoms with van der Waals surface area (Å²) in [6.07, 6.45) is 1.31.